The molecule has 1 aromatic heterocycles. The molecule has 0 aliphatic rings. The minimum absolute atomic E-state index is 0. The summed E-state index contributed by atoms with van der Waals surface area (Å²) in [7, 11) is -0.650. The van der Waals surface area contributed by atoms with Gasteiger partial charge in [-0.05, 0) is 42.8 Å². The van der Waals surface area contributed by atoms with Gasteiger partial charge in [-0.1, -0.05) is 36.4 Å². The van der Waals surface area contributed by atoms with E-state index in [2.05, 4.69) is 35.5 Å². The van der Waals surface area contributed by atoms with Crippen LogP contribution in [-0.4, -0.2) is 19.2 Å². The van der Waals surface area contributed by atoms with Crippen LogP contribution in [0.2, 0.25) is 0 Å². The summed E-state index contributed by atoms with van der Waals surface area (Å²) in [5.41, 5.74) is 5.60. The topological polar surface area (TPSA) is 72.5 Å². The molecule has 4 rings (SSSR count). The van der Waals surface area contributed by atoms with Crippen LogP contribution >= 0.6 is 20.2 Å². The molecule has 6 nitrogen and oxygen atoms in total. The van der Waals surface area contributed by atoms with Crippen molar-refractivity contribution in [3.8, 4) is 0 Å². The normalized spacial score (nSPS) is 11.3. The largest absolute Gasteiger partial charge is 0.432 e. The second kappa shape index (κ2) is 9.02. The van der Waals surface area contributed by atoms with Crippen molar-refractivity contribution in [3.63, 3.8) is 0 Å². The highest BCUT2D eigenvalue weighted by Gasteiger charge is 2.20. The Labute approximate surface area is 181 Å². The molecule has 0 radical (unpaired) electrons. The van der Waals surface area contributed by atoms with Crippen LogP contribution in [0.15, 0.2) is 66.7 Å². The van der Waals surface area contributed by atoms with Gasteiger partial charge in [0.25, 0.3) is 0 Å². The van der Waals surface area contributed by atoms with Gasteiger partial charge in [0.15, 0.2) is 0 Å². The molecule has 0 bridgehead atoms. The van der Waals surface area contributed by atoms with Gasteiger partial charge in [0.05, 0.1) is 16.7 Å². The molecule has 3 aromatic carbocycles. The molecule has 0 fully saturated rings. The third-order valence-corrected chi connectivity index (χ3v) is 6.31. The maximum atomic E-state index is 12.2. The first-order valence-electron chi connectivity index (χ1n) is 9.18. The second-order valence-electron chi connectivity index (χ2n) is 6.65. The molecule has 0 spiro atoms. The standard InChI is InChI=1S/C22H22N3O3P.ClH/c1-15-7-6-9-19-21(15)24-20-10-5-4-8-18(20)22(19)23-16-11-13-17(14-12-16)25-29(26,27-2)28-3;/h4-14H,1-3H3,(H,23,24)(H,25,26);1H. The Morgan fingerprint density at radius 3 is 2.17 bits per heavy atom. The number of nitrogens with zero attached hydrogens (tertiary/aromatic N) is 1. The molecule has 0 amide bonds. The van der Waals surface area contributed by atoms with Gasteiger partial charge in [0.1, 0.15) is 0 Å². The van der Waals surface area contributed by atoms with E-state index in [4.69, 9.17) is 14.0 Å². The zero-order valence-electron chi connectivity index (χ0n) is 16.9. The fourth-order valence-electron chi connectivity index (χ4n) is 3.29. The molecule has 0 saturated carbocycles. The molecule has 2 N–H and O–H groups in total. The van der Waals surface area contributed by atoms with Gasteiger partial charge in [0, 0.05) is 36.4 Å². The molecule has 4 aromatic rings. The Hall–Kier alpha value is -2.63. The average molecular weight is 444 g/mol. The molecule has 0 aliphatic heterocycles. The number of pyridine rings is 1. The molecule has 0 aliphatic carbocycles. The number of hydrogen-bond acceptors (Lipinski definition) is 5. The van der Waals surface area contributed by atoms with Crippen molar-refractivity contribution < 1.29 is 13.6 Å². The van der Waals surface area contributed by atoms with Gasteiger partial charge in [-0.2, -0.15) is 0 Å². The van der Waals surface area contributed by atoms with Crippen molar-refractivity contribution >= 4 is 59.0 Å². The maximum absolute atomic E-state index is 12.2. The number of halogens is 1. The first-order chi connectivity index (χ1) is 14.0. The number of nitrogens with one attached hydrogen (secondary N) is 2. The highest BCUT2D eigenvalue weighted by atomic mass is 35.5. The minimum atomic E-state index is -3.33. The number of para-hydroxylation sites is 2. The Bertz CT molecular complexity index is 1220. The Morgan fingerprint density at radius 1 is 0.833 bits per heavy atom. The first-order valence-corrected chi connectivity index (χ1v) is 10.7. The van der Waals surface area contributed by atoms with Gasteiger partial charge in [-0.25, -0.2) is 9.55 Å². The van der Waals surface area contributed by atoms with Crippen LogP contribution in [0, 0.1) is 6.92 Å². The SMILES string of the molecule is COP(=O)(Nc1ccc(Nc2c3ccccc3nc3c(C)cccc23)cc1)OC.Cl. The molecule has 0 saturated heterocycles. The van der Waals surface area contributed by atoms with Gasteiger partial charge < -0.3 is 5.32 Å². The van der Waals surface area contributed by atoms with Crippen LogP contribution in [0.25, 0.3) is 21.8 Å². The average Bonchev–Trinajstić information content (AvgIpc) is 2.75. The quantitative estimate of drug-likeness (QED) is 0.256. The molecular formula is C22H23ClN3O3P. The molecular weight excluding hydrogens is 421 g/mol. The van der Waals surface area contributed by atoms with Crippen LogP contribution in [0.1, 0.15) is 5.56 Å². The summed E-state index contributed by atoms with van der Waals surface area (Å²) in [6.45, 7) is 2.07. The summed E-state index contributed by atoms with van der Waals surface area (Å²) in [5, 5.41) is 8.44. The van der Waals surface area contributed by atoms with E-state index in [9.17, 15) is 4.57 Å². The number of anilines is 3. The molecule has 1 heterocycles. The van der Waals surface area contributed by atoms with Crippen molar-refractivity contribution in [1.29, 1.82) is 0 Å². The summed E-state index contributed by atoms with van der Waals surface area (Å²) in [4.78, 5) is 4.84. The molecule has 30 heavy (non-hydrogen) atoms. The zero-order valence-corrected chi connectivity index (χ0v) is 18.6. The molecule has 0 atom stereocenters. The zero-order chi connectivity index (χ0) is 20.4. The predicted octanol–water partition coefficient (Wildman–Crippen LogP) is 6.67. The number of aryl methyl sites for hydroxylation is 1. The third-order valence-electron chi connectivity index (χ3n) is 4.81. The fraction of sp³-hybridized carbons (Fsp3) is 0.136. The number of hydrogen-bond donors (Lipinski definition) is 2. The van der Waals surface area contributed by atoms with E-state index in [1.54, 1.807) is 0 Å². The van der Waals surface area contributed by atoms with E-state index in [1.165, 1.54) is 14.2 Å². The Morgan fingerprint density at radius 2 is 1.47 bits per heavy atom. The number of fused-ring (bicyclic) bond motifs is 2. The summed E-state index contributed by atoms with van der Waals surface area (Å²) < 4.78 is 22.1. The summed E-state index contributed by atoms with van der Waals surface area (Å²) in [6, 6.07) is 21.7. The van der Waals surface area contributed by atoms with Crippen LogP contribution < -0.4 is 10.4 Å². The summed E-state index contributed by atoms with van der Waals surface area (Å²) >= 11 is 0. The van der Waals surface area contributed by atoms with E-state index in [-0.39, 0.29) is 12.4 Å². The van der Waals surface area contributed by atoms with Crippen molar-refractivity contribution in [2.24, 2.45) is 0 Å². The highest BCUT2D eigenvalue weighted by Crippen LogP contribution is 2.46. The Balaban J connectivity index is 0.00000256. The van der Waals surface area contributed by atoms with E-state index in [0.29, 0.717) is 5.69 Å². The van der Waals surface area contributed by atoms with Gasteiger partial charge in [-0.15, -0.1) is 12.4 Å². The smallest absolute Gasteiger partial charge is 0.354 e. The predicted molar refractivity (Wildman–Crippen MR) is 126 cm³/mol. The van der Waals surface area contributed by atoms with Crippen molar-refractivity contribution in [2.45, 2.75) is 6.92 Å². The molecule has 8 heteroatoms. The van der Waals surface area contributed by atoms with Crippen molar-refractivity contribution in [2.75, 3.05) is 24.6 Å². The highest BCUT2D eigenvalue weighted by molar-refractivity contribution is 7.55. The lowest BCUT2D eigenvalue weighted by molar-refractivity contribution is 0.281. The summed E-state index contributed by atoms with van der Waals surface area (Å²) in [5.74, 6) is 0. The van der Waals surface area contributed by atoms with Crippen LogP contribution in [0.3, 0.4) is 0 Å². The van der Waals surface area contributed by atoms with E-state index >= 15 is 0 Å². The van der Waals surface area contributed by atoms with E-state index in [0.717, 1.165) is 38.7 Å². The molecule has 156 valence electrons. The first kappa shape index (κ1) is 22.1. The third kappa shape index (κ3) is 4.27. The van der Waals surface area contributed by atoms with Crippen molar-refractivity contribution in [3.05, 3.63) is 72.3 Å². The molecule has 0 unspecified atom stereocenters. The second-order valence-corrected chi connectivity index (χ2v) is 8.60. The van der Waals surface area contributed by atoms with Crippen LogP contribution in [-0.2, 0) is 13.6 Å². The lowest BCUT2D eigenvalue weighted by Crippen LogP contribution is -2.01. The van der Waals surface area contributed by atoms with Crippen LogP contribution in [0.5, 0.6) is 0 Å². The van der Waals surface area contributed by atoms with E-state index in [1.807, 2.05) is 48.5 Å². The monoisotopic (exact) mass is 443 g/mol. The summed E-state index contributed by atoms with van der Waals surface area (Å²) in [6.07, 6.45) is 0. The lowest BCUT2D eigenvalue weighted by Gasteiger charge is -2.17. The van der Waals surface area contributed by atoms with Gasteiger partial charge >= 0.3 is 7.75 Å². The van der Waals surface area contributed by atoms with Crippen molar-refractivity contribution in [1.82, 2.24) is 4.98 Å². The van der Waals surface area contributed by atoms with Gasteiger partial charge in [0.2, 0.25) is 0 Å². The number of aromatic nitrogens is 1. The van der Waals surface area contributed by atoms with Crippen LogP contribution in [0.4, 0.5) is 17.1 Å². The number of benzene rings is 3. The number of rotatable bonds is 6. The minimum Gasteiger partial charge on any atom is -0.354 e. The van der Waals surface area contributed by atoms with Gasteiger partial charge in [-0.3, -0.25) is 14.1 Å². The lowest BCUT2D eigenvalue weighted by atomic mass is 10.0. The maximum Gasteiger partial charge on any atom is 0.432 e. The Kier molecular flexibility index (Phi) is 6.64. The van der Waals surface area contributed by atoms with E-state index < -0.39 is 7.75 Å². The fourth-order valence-corrected chi connectivity index (χ4v) is 4.09.